The first kappa shape index (κ1) is 13.0. The lowest BCUT2D eigenvalue weighted by Gasteiger charge is -2.30. The minimum absolute atomic E-state index is 0.183. The molecule has 2 rings (SSSR count). The van der Waals surface area contributed by atoms with Gasteiger partial charge in [0.1, 0.15) is 0 Å². The van der Waals surface area contributed by atoms with Gasteiger partial charge in [-0.2, -0.15) is 0 Å². The molecule has 0 aliphatic heterocycles. The highest BCUT2D eigenvalue weighted by Gasteiger charge is 2.27. The largest absolute Gasteiger partial charge is 0.481 e. The molecule has 4 nitrogen and oxygen atoms in total. The van der Waals surface area contributed by atoms with Crippen molar-refractivity contribution in [2.24, 2.45) is 5.92 Å². The van der Waals surface area contributed by atoms with E-state index in [1.165, 1.54) is 0 Å². The molecule has 3 atom stereocenters. The molecule has 2 N–H and O–H groups in total. The number of aliphatic carboxylic acids is 1. The van der Waals surface area contributed by atoms with Gasteiger partial charge in [0, 0.05) is 24.5 Å². The first-order valence-electron chi connectivity index (χ1n) is 6.55. The second kappa shape index (κ2) is 5.96. The molecular weight excluding hydrogens is 228 g/mol. The second-order valence-corrected chi connectivity index (χ2v) is 5.07. The molecule has 1 saturated carbocycles. The lowest BCUT2D eigenvalue weighted by atomic mass is 9.85. The van der Waals surface area contributed by atoms with Gasteiger partial charge >= 0.3 is 5.97 Å². The van der Waals surface area contributed by atoms with Gasteiger partial charge in [0.2, 0.25) is 0 Å². The van der Waals surface area contributed by atoms with Gasteiger partial charge in [-0.1, -0.05) is 12.5 Å². The maximum absolute atomic E-state index is 11.0. The quantitative estimate of drug-likeness (QED) is 0.858. The molecule has 1 aromatic rings. The smallest absolute Gasteiger partial charge is 0.306 e. The van der Waals surface area contributed by atoms with Crippen LogP contribution in [0.2, 0.25) is 0 Å². The van der Waals surface area contributed by atoms with Crippen molar-refractivity contribution in [2.45, 2.75) is 44.7 Å². The highest BCUT2D eigenvalue weighted by atomic mass is 16.4. The Morgan fingerprint density at radius 3 is 3.06 bits per heavy atom. The molecule has 0 amide bonds. The van der Waals surface area contributed by atoms with Gasteiger partial charge in [0.15, 0.2) is 0 Å². The SMILES string of the molecule is C[C@@H](NC1CCCC(C(=O)O)C1)c1cccnc1. The van der Waals surface area contributed by atoms with Crippen molar-refractivity contribution in [3.05, 3.63) is 30.1 Å². The van der Waals surface area contributed by atoms with E-state index in [1.807, 2.05) is 18.3 Å². The van der Waals surface area contributed by atoms with Crippen molar-refractivity contribution >= 4 is 5.97 Å². The molecular formula is C14H20N2O2. The summed E-state index contributed by atoms with van der Waals surface area (Å²) in [4.78, 5) is 15.1. The maximum atomic E-state index is 11.0. The number of rotatable bonds is 4. The van der Waals surface area contributed by atoms with Gasteiger partial charge in [-0.15, -0.1) is 0 Å². The Labute approximate surface area is 107 Å². The Balaban J connectivity index is 1.91. The van der Waals surface area contributed by atoms with Crippen LogP contribution in [0.1, 0.15) is 44.2 Å². The average molecular weight is 248 g/mol. The summed E-state index contributed by atoms with van der Waals surface area (Å²) in [6.45, 7) is 2.10. The summed E-state index contributed by atoms with van der Waals surface area (Å²) in [6.07, 6.45) is 7.23. The fourth-order valence-electron chi connectivity index (χ4n) is 2.65. The molecule has 1 aliphatic rings. The van der Waals surface area contributed by atoms with Crippen LogP contribution in [0, 0.1) is 5.92 Å². The summed E-state index contributed by atoms with van der Waals surface area (Å²) in [5, 5.41) is 12.6. The molecule has 0 spiro atoms. The van der Waals surface area contributed by atoms with Crippen molar-refractivity contribution in [3.8, 4) is 0 Å². The van der Waals surface area contributed by atoms with Crippen LogP contribution in [0.5, 0.6) is 0 Å². The van der Waals surface area contributed by atoms with E-state index in [4.69, 9.17) is 5.11 Å². The van der Waals surface area contributed by atoms with Crippen LogP contribution in [0.4, 0.5) is 0 Å². The number of carboxylic acid groups (broad SMARTS) is 1. The normalized spacial score (nSPS) is 25.6. The minimum atomic E-state index is -0.657. The summed E-state index contributed by atoms with van der Waals surface area (Å²) < 4.78 is 0. The summed E-state index contributed by atoms with van der Waals surface area (Å²) in [6, 6.07) is 4.49. The molecule has 2 unspecified atom stereocenters. The van der Waals surface area contributed by atoms with Gasteiger partial charge in [0.25, 0.3) is 0 Å². The first-order valence-corrected chi connectivity index (χ1v) is 6.55. The van der Waals surface area contributed by atoms with Crippen LogP contribution in [0.25, 0.3) is 0 Å². The number of aromatic nitrogens is 1. The highest BCUT2D eigenvalue weighted by Crippen LogP contribution is 2.26. The maximum Gasteiger partial charge on any atom is 0.306 e. The van der Waals surface area contributed by atoms with E-state index >= 15 is 0 Å². The molecule has 1 aromatic heterocycles. The van der Waals surface area contributed by atoms with Crippen LogP contribution < -0.4 is 5.32 Å². The number of hydrogen-bond acceptors (Lipinski definition) is 3. The Bertz CT molecular complexity index is 394. The summed E-state index contributed by atoms with van der Waals surface area (Å²) in [5.74, 6) is -0.840. The average Bonchev–Trinajstić information content (AvgIpc) is 2.40. The van der Waals surface area contributed by atoms with Crippen LogP contribution in [-0.4, -0.2) is 22.1 Å². The van der Waals surface area contributed by atoms with Gasteiger partial charge in [-0.3, -0.25) is 9.78 Å². The Morgan fingerprint density at radius 2 is 2.39 bits per heavy atom. The van der Waals surface area contributed by atoms with Crippen molar-refractivity contribution in [1.29, 1.82) is 0 Å². The third kappa shape index (κ3) is 3.29. The van der Waals surface area contributed by atoms with Crippen molar-refractivity contribution < 1.29 is 9.90 Å². The topological polar surface area (TPSA) is 62.2 Å². The summed E-state index contributed by atoms with van der Waals surface area (Å²) in [5.41, 5.74) is 1.15. The Morgan fingerprint density at radius 1 is 1.56 bits per heavy atom. The number of hydrogen-bond donors (Lipinski definition) is 2. The van der Waals surface area contributed by atoms with Gasteiger partial charge in [-0.25, -0.2) is 0 Å². The Hall–Kier alpha value is -1.42. The fraction of sp³-hybridized carbons (Fsp3) is 0.571. The molecule has 0 saturated heterocycles. The molecule has 1 fully saturated rings. The summed E-state index contributed by atoms with van der Waals surface area (Å²) >= 11 is 0. The number of nitrogens with one attached hydrogen (secondary N) is 1. The first-order chi connectivity index (χ1) is 8.66. The molecule has 0 bridgehead atoms. The molecule has 0 radical (unpaired) electrons. The van der Waals surface area contributed by atoms with E-state index in [0.717, 1.165) is 31.2 Å². The van der Waals surface area contributed by atoms with E-state index in [2.05, 4.69) is 17.2 Å². The lowest BCUT2D eigenvalue weighted by molar-refractivity contribution is -0.143. The second-order valence-electron chi connectivity index (χ2n) is 5.07. The van der Waals surface area contributed by atoms with Crippen molar-refractivity contribution in [1.82, 2.24) is 10.3 Å². The molecule has 4 heteroatoms. The minimum Gasteiger partial charge on any atom is -0.481 e. The monoisotopic (exact) mass is 248 g/mol. The molecule has 1 heterocycles. The third-order valence-electron chi connectivity index (χ3n) is 3.69. The van der Waals surface area contributed by atoms with E-state index in [9.17, 15) is 4.79 Å². The van der Waals surface area contributed by atoms with E-state index in [0.29, 0.717) is 6.04 Å². The van der Waals surface area contributed by atoms with Gasteiger partial charge in [0.05, 0.1) is 5.92 Å². The molecule has 0 aromatic carbocycles. The molecule has 18 heavy (non-hydrogen) atoms. The zero-order valence-electron chi connectivity index (χ0n) is 10.7. The zero-order chi connectivity index (χ0) is 13.0. The van der Waals surface area contributed by atoms with E-state index < -0.39 is 5.97 Å². The van der Waals surface area contributed by atoms with Crippen LogP contribution in [-0.2, 0) is 4.79 Å². The number of carboxylic acids is 1. The van der Waals surface area contributed by atoms with Crippen LogP contribution >= 0.6 is 0 Å². The number of nitrogens with zero attached hydrogens (tertiary/aromatic N) is 1. The molecule has 1 aliphatic carbocycles. The van der Waals surface area contributed by atoms with E-state index in [-0.39, 0.29) is 12.0 Å². The van der Waals surface area contributed by atoms with Crippen LogP contribution in [0.3, 0.4) is 0 Å². The summed E-state index contributed by atoms with van der Waals surface area (Å²) in [7, 11) is 0. The number of pyridine rings is 1. The van der Waals surface area contributed by atoms with E-state index in [1.54, 1.807) is 6.20 Å². The van der Waals surface area contributed by atoms with Crippen molar-refractivity contribution in [2.75, 3.05) is 0 Å². The Kier molecular flexibility index (Phi) is 4.31. The predicted molar refractivity (Wildman–Crippen MR) is 69.2 cm³/mol. The lowest BCUT2D eigenvalue weighted by Crippen LogP contribution is -2.37. The standard InChI is InChI=1S/C14H20N2O2/c1-10(12-5-3-7-15-9-12)16-13-6-2-4-11(8-13)14(17)18/h3,5,7,9-11,13,16H,2,4,6,8H2,1H3,(H,17,18)/t10-,11?,13?/m1/s1. The molecule has 98 valence electrons. The van der Waals surface area contributed by atoms with Crippen LogP contribution in [0.15, 0.2) is 24.5 Å². The fourth-order valence-corrected chi connectivity index (χ4v) is 2.65. The van der Waals surface area contributed by atoms with Gasteiger partial charge < -0.3 is 10.4 Å². The van der Waals surface area contributed by atoms with Gasteiger partial charge in [-0.05, 0) is 37.8 Å². The third-order valence-corrected chi connectivity index (χ3v) is 3.69. The zero-order valence-corrected chi connectivity index (χ0v) is 10.7. The highest BCUT2D eigenvalue weighted by molar-refractivity contribution is 5.70. The van der Waals surface area contributed by atoms with Crippen molar-refractivity contribution in [3.63, 3.8) is 0 Å². The predicted octanol–water partition coefficient (Wildman–Crippen LogP) is 2.38. The number of carbonyl (C=O) groups is 1.